The smallest absolute Gasteiger partial charge is 0.109 e. The summed E-state index contributed by atoms with van der Waals surface area (Å²) in [4.78, 5) is 0. The minimum Gasteiger partial charge on any atom is -0.273 e. The number of halogens is 8. The summed E-state index contributed by atoms with van der Waals surface area (Å²) in [6.45, 7) is 18.2. The summed E-state index contributed by atoms with van der Waals surface area (Å²) in [6.07, 6.45) is 2.21. The number of fused-ring (bicyclic) bond motifs is 3. The van der Waals surface area contributed by atoms with Crippen molar-refractivity contribution in [3.63, 3.8) is 0 Å². The molecule has 6 rings (SSSR count). The molecule has 9 heteroatoms. The van der Waals surface area contributed by atoms with Gasteiger partial charge in [-0.15, -0.1) is 47.9 Å². The van der Waals surface area contributed by atoms with E-state index >= 15 is 0 Å². The first-order chi connectivity index (χ1) is 23.1. The summed E-state index contributed by atoms with van der Waals surface area (Å²) >= 11 is 0.898. The van der Waals surface area contributed by atoms with Gasteiger partial charge >= 0.3 is 137 Å². The molecular weight excluding hydrogens is 793 g/mol. The standard InChI is InChI=1S/C23H29.C15H8F6.C5H5.2ClH.Zr/c1-14-9-16-11-17-10-15(2)21(23(6,7)8)13-19(17)18(16)12-20(14)22(3,4)5;16-14(17,18)12-5-1-10(2-6-12)9-11-3-7-13(8-4-11)15(19,20)21;1-2-4-5-3-1;;;/h9,12-13H,11H2,1-8H3;1-8H;1-3H,4H2;2*1H;/q-1;;-1;;;+2. The van der Waals surface area contributed by atoms with Crippen LogP contribution in [0.2, 0.25) is 0 Å². The number of hydrogen-bond donors (Lipinski definition) is 0. The molecule has 0 unspecified atom stereocenters. The van der Waals surface area contributed by atoms with Crippen molar-refractivity contribution in [2.75, 3.05) is 0 Å². The van der Waals surface area contributed by atoms with Crippen LogP contribution >= 0.6 is 24.8 Å². The second-order valence-corrected chi connectivity index (χ2v) is 16.0. The maximum Gasteiger partial charge on any atom is -0.109 e. The van der Waals surface area contributed by atoms with E-state index in [1.807, 2.05) is 12.2 Å². The first-order valence-corrected chi connectivity index (χ1v) is 17.7. The molecule has 2 aliphatic carbocycles. The Hall–Kier alpha value is -2.73. The van der Waals surface area contributed by atoms with Gasteiger partial charge in [0.15, 0.2) is 0 Å². The van der Waals surface area contributed by atoms with Crippen LogP contribution in [0, 0.1) is 26.0 Å². The van der Waals surface area contributed by atoms with Crippen molar-refractivity contribution in [2.45, 2.75) is 91.4 Å². The summed E-state index contributed by atoms with van der Waals surface area (Å²) in [7, 11) is 0. The average molecular weight is 837 g/mol. The Morgan fingerprint density at radius 3 is 1.48 bits per heavy atom. The van der Waals surface area contributed by atoms with Crippen molar-refractivity contribution < 1.29 is 50.6 Å². The molecule has 0 saturated carbocycles. The Balaban J connectivity index is 0.000000307. The van der Waals surface area contributed by atoms with E-state index in [-0.39, 0.29) is 35.6 Å². The summed E-state index contributed by atoms with van der Waals surface area (Å²) in [5.74, 6) is 0. The summed E-state index contributed by atoms with van der Waals surface area (Å²) in [5, 5.41) is 0. The second kappa shape index (κ2) is 17.6. The van der Waals surface area contributed by atoms with Crippen LogP contribution < -0.4 is 0 Å². The molecular formula is C43H44Cl2F6Zr. The van der Waals surface area contributed by atoms with Crippen LogP contribution in [0.25, 0.3) is 11.1 Å². The van der Waals surface area contributed by atoms with Gasteiger partial charge in [0, 0.05) is 0 Å². The molecule has 0 spiro atoms. The zero-order chi connectivity index (χ0) is 37.2. The molecule has 0 bridgehead atoms. The van der Waals surface area contributed by atoms with Crippen LogP contribution in [0.4, 0.5) is 26.3 Å². The van der Waals surface area contributed by atoms with Crippen LogP contribution in [-0.4, -0.2) is 3.21 Å². The Morgan fingerprint density at radius 1 is 0.654 bits per heavy atom. The monoisotopic (exact) mass is 834 g/mol. The molecule has 52 heavy (non-hydrogen) atoms. The SMILES string of the molecule is Cc1[c-]c2c(cc1C(C)(C)C)-c1cc(C(C)(C)C)c(C)cc1C2.Cl.Cl.FC(F)(F)c1ccc([C](=[Zr+2])c2ccc(C(F)(F)F)cc2)cc1.[C-]1=CC=CC1. The number of aryl methyl sites for hydroxylation is 2. The Bertz CT molecular complexity index is 1770. The van der Waals surface area contributed by atoms with Crippen molar-refractivity contribution in [3.05, 3.63) is 153 Å². The first kappa shape index (κ1) is 45.4. The molecule has 0 atom stereocenters. The zero-order valence-electron chi connectivity index (χ0n) is 30.6. The fraction of sp³-hybridized carbons (Fsp3) is 0.326. The Morgan fingerprint density at radius 2 is 1.12 bits per heavy atom. The molecule has 0 fully saturated rings. The van der Waals surface area contributed by atoms with E-state index < -0.39 is 23.5 Å². The third-order valence-corrected chi connectivity index (χ3v) is 10.1. The second-order valence-electron chi connectivity index (χ2n) is 14.7. The predicted molar refractivity (Wildman–Crippen MR) is 203 cm³/mol. The fourth-order valence-corrected chi connectivity index (χ4v) is 7.00. The molecule has 0 aliphatic heterocycles. The van der Waals surface area contributed by atoms with Gasteiger partial charge in [-0.1, -0.05) is 71.6 Å². The van der Waals surface area contributed by atoms with Crippen LogP contribution in [0.15, 0.2) is 85.0 Å². The van der Waals surface area contributed by atoms with Gasteiger partial charge in [0.1, 0.15) is 0 Å². The molecule has 0 heterocycles. The van der Waals surface area contributed by atoms with Gasteiger partial charge in [0.25, 0.3) is 0 Å². The van der Waals surface area contributed by atoms with Crippen molar-refractivity contribution >= 4 is 28.0 Å². The van der Waals surface area contributed by atoms with Gasteiger partial charge in [-0.3, -0.25) is 6.08 Å². The molecule has 0 N–H and O–H groups in total. The Kier molecular flexibility index (Phi) is 15.4. The maximum absolute atomic E-state index is 12.5. The van der Waals surface area contributed by atoms with Crippen LogP contribution in [0.1, 0.15) is 104 Å². The van der Waals surface area contributed by atoms with Crippen molar-refractivity contribution in [3.8, 4) is 11.1 Å². The average Bonchev–Trinajstić information content (AvgIpc) is 3.70. The van der Waals surface area contributed by atoms with Crippen molar-refractivity contribution in [2.24, 2.45) is 0 Å². The van der Waals surface area contributed by atoms with Gasteiger partial charge < -0.3 is 0 Å². The number of alkyl halides is 6. The number of hydrogen-bond acceptors (Lipinski definition) is 0. The van der Waals surface area contributed by atoms with E-state index in [9.17, 15) is 26.3 Å². The normalized spacial score (nSPS) is 13.1. The zero-order valence-corrected chi connectivity index (χ0v) is 34.7. The van der Waals surface area contributed by atoms with Crippen molar-refractivity contribution in [1.82, 2.24) is 0 Å². The minimum absolute atomic E-state index is 0. The predicted octanol–water partition coefficient (Wildman–Crippen LogP) is 13.3. The molecule has 276 valence electrons. The topological polar surface area (TPSA) is 0 Å². The molecule has 0 radical (unpaired) electrons. The fourth-order valence-electron chi connectivity index (χ4n) is 6.18. The van der Waals surface area contributed by atoms with E-state index in [0.29, 0.717) is 14.3 Å². The van der Waals surface area contributed by atoms with Crippen LogP contribution in [-0.2, 0) is 53.8 Å². The summed E-state index contributed by atoms with van der Waals surface area (Å²) in [5.41, 5.74) is 11.2. The maximum atomic E-state index is 12.5. The number of allylic oxidation sites excluding steroid dienone is 4. The molecule has 4 aromatic carbocycles. The van der Waals surface area contributed by atoms with Gasteiger partial charge in [0.05, 0.1) is 0 Å². The van der Waals surface area contributed by atoms with Crippen molar-refractivity contribution in [1.29, 1.82) is 0 Å². The quantitative estimate of drug-likeness (QED) is 0.123. The van der Waals surface area contributed by atoms with E-state index in [1.54, 1.807) is 0 Å². The van der Waals surface area contributed by atoms with Crippen LogP contribution in [0.3, 0.4) is 0 Å². The van der Waals surface area contributed by atoms with E-state index in [1.165, 1.54) is 68.8 Å². The Labute approximate surface area is 332 Å². The van der Waals surface area contributed by atoms with Crippen LogP contribution in [0.5, 0.6) is 0 Å². The van der Waals surface area contributed by atoms with E-state index in [2.05, 4.69) is 91.8 Å². The van der Waals surface area contributed by atoms with Gasteiger partial charge in [0.2, 0.25) is 0 Å². The van der Waals surface area contributed by atoms with Gasteiger partial charge in [-0.25, -0.2) is 12.2 Å². The summed E-state index contributed by atoms with van der Waals surface area (Å²) < 4.78 is 75.6. The molecule has 4 aromatic rings. The van der Waals surface area contributed by atoms with E-state index in [4.69, 9.17) is 0 Å². The molecule has 2 aliphatic rings. The largest absolute Gasteiger partial charge is 0.273 e. The number of rotatable bonds is 2. The molecule has 0 amide bonds. The van der Waals surface area contributed by atoms with Gasteiger partial charge in [-0.2, -0.15) is 23.8 Å². The number of benzene rings is 4. The molecule has 0 saturated heterocycles. The minimum atomic E-state index is -4.41. The summed E-state index contributed by atoms with van der Waals surface area (Å²) in [6, 6.07) is 20.1. The third kappa shape index (κ3) is 11.4. The molecule has 0 nitrogen and oxygen atoms in total. The van der Waals surface area contributed by atoms with E-state index in [0.717, 1.165) is 61.3 Å². The molecule has 0 aromatic heterocycles. The third-order valence-electron chi connectivity index (χ3n) is 8.67. The first-order valence-electron chi connectivity index (χ1n) is 16.4. The van der Waals surface area contributed by atoms with Gasteiger partial charge in [-0.05, 0) is 35.4 Å².